The third-order valence-electron chi connectivity index (χ3n) is 3.15. The summed E-state index contributed by atoms with van der Waals surface area (Å²) >= 11 is 1.19. The van der Waals surface area contributed by atoms with Gasteiger partial charge in [0.25, 0.3) is 11.1 Å². The number of benzene rings is 1. The van der Waals surface area contributed by atoms with Crippen LogP contribution in [0.3, 0.4) is 0 Å². The molecule has 1 aromatic carbocycles. The number of aromatic nitrogens is 1. The van der Waals surface area contributed by atoms with E-state index in [2.05, 4.69) is 10.1 Å². The lowest BCUT2D eigenvalue weighted by atomic mass is 10.1. The van der Waals surface area contributed by atoms with Crippen LogP contribution in [0.1, 0.15) is 20.3 Å². The predicted octanol–water partition coefficient (Wildman–Crippen LogP) is 2.24. The van der Waals surface area contributed by atoms with E-state index in [1.165, 1.54) is 11.8 Å². The molecule has 0 bridgehead atoms. The van der Waals surface area contributed by atoms with Crippen molar-refractivity contribution in [3.05, 3.63) is 24.3 Å². The molecule has 2 heterocycles. The molecule has 0 saturated heterocycles. The molecular weight excluding hydrogens is 290 g/mol. The van der Waals surface area contributed by atoms with E-state index in [4.69, 9.17) is 4.42 Å². The van der Waals surface area contributed by atoms with E-state index in [9.17, 15) is 9.90 Å². The van der Waals surface area contributed by atoms with Crippen LogP contribution in [0.15, 0.2) is 39.0 Å². The fourth-order valence-corrected chi connectivity index (χ4v) is 2.98. The van der Waals surface area contributed by atoms with Crippen molar-refractivity contribution >= 4 is 34.5 Å². The lowest BCUT2D eigenvalue weighted by Gasteiger charge is -2.26. The SMILES string of the molecule is CC1=NN(C(=O)CSc2nc3ccccc3o2)C(C)(O)C1. The Morgan fingerprint density at radius 2 is 2.29 bits per heavy atom. The minimum Gasteiger partial charge on any atom is -0.431 e. The van der Waals surface area contributed by atoms with Gasteiger partial charge in [-0.2, -0.15) is 5.10 Å². The highest BCUT2D eigenvalue weighted by Gasteiger charge is 2.38. The Labute approximate surface area is 125 Å². The number of para-hydroxylation sites is 2. The van der Waals surface area contributed by atoms with Crippen molar-refractivity contribution in [2.24, 2.45) is 5.10 Å². The molecule has 1 aliphatic rings. The predicted molar refractivity (Wildman–Crippen MR) is 79.9 cm³/mol. The number of carbonyl (C=O) groups is 1. The van der Waals surface area contributed by atoms with Crippen LogP contribution >= 0.6 is 11.8 Å². The molecule has 1 aliphatic heterocycles. The first-order valence-electron chi connectivity index (χ1n) is 6.53. The Hall–Kier alpha value is -1.86. The van der Waals surface area contributed by atoms with E-state index >= 15 is 0 Å². The maximum Gasteiger partial charge on any atom is 0.257 e. The minimum atomic E-state index is -1.25. The summed E-state index contributed by atoms with van der Waals surface area (Å²) in [7, 11) is 0. The average molecular weight is 305 g/mol. The molecule has 1 unspecified atom stereocenters. The highest BCUT2D eigenvalue weighted by atomic mass is 32.2. The Bertz CT molecular complexity index is 690. The van der Waals surface area contributed by atoms with Gasteiger partial charge in [0, 0.05) is 12.1 Å². The summed E-state index contributed by atoms with van der Waals surface area (Å²) < 4.78 is 5.54. The van der Waals surface area contributed by atoms with Gasteiger partial charge in [0.15, 0.2) is 11.3 Å². The molecule has 3 rings (SSSR count). The smallest absolute Gasteiger partial charge is 0.257 e. The second kappa shape index (κ2) is 5.16. The van der Waals surface area contributed by atoms with Crippen molar-refractivity contribution in [3.63, 3.8) is 0 Å². The average Bonchev–Trinajstić information content (AvgIpc) is 2.95. The molecular formula is C14H15N3O3S. The van der Waals surface area contributed by atoms with Gasteiger partial charge in [0.1, 0.15) is 5.52 Å². The van der Waals surface area contributed by atoms with E-state index in [0.717, 1.165) is 16.2 Å². The number of carbonyl (C=O) groups excluding carboxylic acids is 1. The molecule has 1 aromatic heterocycles. The zero-order chi connectivity index (χ0) is 15.0. The fraction of sp³-hybridized carbons (Fsp3) is 0.357. The van der Waals surface area contributed by atoms with Crippen molar-refractivity contribution in [1.82, 2.24) is 9.99 Å². The van der Waals surface area contributed by atoms with Crippen LogP contribution < -0.4 is 0 Å². The lowest BCUT2D eigenvalue weighted by Crippen LogP contribution is -2.44. The first-order chi connectivity index (χ1) is 9.95. The van der Waals surface area contributed by atoms with Crippen LogP contribution in [0, 0.1) is 0 Å². The van der Waals surface area contributed by atoms with Crippen molar-refractivity contribution in [1.29, 1.82) is 0 Å². The highest BCUT2D eigenvalue weighted by molar-refractivity contribution is 7.99. The van der Waals surface area contributed by atoms with Gasteiger partial charge in [-0.15, -0.1) is 0 Å². The summed E-state index contributed by atoms with van der Waals surface area (Å²) in [5, 5.41) is 15.8. The highest BCUT2D eigenvalue weighted by Crippen LogP contribution is 2.27. The summed E-state index contributed by atoms with van der Waals surface area (Å²) in [5.41, 5.74) is 0.937. The Morgan fingerprint density at radius 1 is 1.52 bits per heavy atom. The molecule has 0 radical (unpaired) electrons. The molecule has 2 aromatic rings. The van der Waals surface area contributed by atoms with Gasteiger partial charge in [-0.25, -0.2) is 9.99 Å². The van der Waals surface area contributed by atoms with Crippen LogP contribution in [0.25, 0.3) is 11.1 Å². The third kappa shape index (κ3) is 2.79. The number of oxazole rings is 1. The molecule has 0 fully saturated rings. The van der Waals surface area contributed by atoms with E-state index < -0.39 is 5.72 Å². The number of hydrogen-bond acceptors (Lipinski definition) is 6. The first-order valence-corrected chi connectivity index (χ1v) is 7.52. The summed E-state index contributed by atoms with van der Waals surface area (Å²) in [6.07, 6.45) is 0.367. The van der Waals surface area contributed by atoms with Crippen molar-refractivity contribution < 1.29 is 14.3 Å². The fourth-order valence-electron chi connectivity index (χ4n) is 2.30. The van der Waals surface area contributed by atoms with Crippen LogP contribution in [-0.4, -0.2) is 38.2 Å². The second-order valence-electron chi connectivity index (χ2n) is 5.17. The monoisotopic (exact) mass is 305 g/mol. The molecule has 0 saturated carbocycles. The number of fused-ring (bicyclic) bond motifs is 1. The van der Waals surface area contributed by atoms with Crippen LogP contribution in [0.4, 0.5) is 0 Å². The molecule has 6 nitrogen and oxygen atoms in total. The number of rotatable bonds is 3. The Kier molecular flexibility index (Phi) is 3.46. The van der Waals surface area contributed by atoms with Crippen LogP contribution in [-0.2, 0) is 4.79 Å². The molecule has 1 atom stereocenters. The molecule has 1 amide bonds. The molecule has 0 spiro atoms. The standard InChI is InChI=1S/C14H15N3O3S/c1-9-7-14(2,19)17(16-9)12(18)8-21-13-15-10-5-3-4-6-11(10)20-13/h3-6,19H,7-8H2,1-2H3. The molecule has 21 heavy (non-hydrogen) atoms. The van der Waals surface area contributed by atoms with Crippen molar-refractivity contribution in [2.75, 3.05) is 5.75 Å². The van der Waals surface area contributed by atoms with E-state index in [1.54, 1.807) is 13.8 Å². The first kappa shape index (κ1) is 14.1. The van der Waals surface area contributed by atoms with Crippen molar-refractivity contribution in [3.8, 4) is 0 Å². The van der Waals surface area contributed by atoms with E-state index in [1.807, 2.05) is 24.3 Å². The Morgan fingerprint density at radius 3 is 2.95 bits per heavy atom. The maximum absolute atomic E-state index is 12.2. The lowest BCUT2D eigenvalue weighted by molar-refractivity contribution is -0.149. The number of hydrazone groups is 1. The third-order valence-corrected chi connectivity index (χ3v) is 3.96. The second-order valence-corrected chi connectivity index (χ2v) is 6.10. The van der Waals surface area contributed by atoms with Gasteiger partial charge in [-0.05, 0) is 26.0 Å². The molecule has 110 valence electrons. The molecule has 7 heteroatoms. The summed E-state index contributed by atoms with van der Waals surface area (Å²) in [6, 6.07) is 7.42. The van der Waals surface area contributed by atoms with E-state index in [0.29, 0.717) is 17.2 Å². The van der Waals surface area contributed by atoms with Crippen LogP contribution in [0.5, 0.6) is 0 Å². The van der Waals surface area contributed by atoms with Gasteiger partial charge in [0.2, 0.25) is 0 Å². The minimum absolute atomic E-state index is 0.111. The van der Waals surface area contributed by atoms with Gasteiger partial charge in [-0.3, -0.25) is 4.79 Å². The zero-order valence-corrected chi connectivity index (χ0v) is 12.6. The number of thioether (sulfide) groups is 1. The summed E-state index contributed by atoms with van der Waals surface area (Å²) in [5.74, 6) is -0.163. The quantitative estimate of drug-likeness (QED) is 0.880. The number of aliphatic hydroxyl groups is 1. The molecule has 0 aliphatic carbocycles. The topological polar surface area (TPSA) is 78.9 Å². The van der Waals surface area contributed by atoms with Gasteiger partial charge >= 0.3 is 0 Å². The largest absolute Gasteiger partial charge is 0.431 e. The van der Waals surface area contributed by atoms with Gasteiger partial charge < -0.3 is 9.52 Å². The summed E-state index contributed by atoms with van der Waals surface area (Å²) in [6.45, 7) is 3.37. The van der Waals surface area contributed by atoms with Crippen molar-refractivity contribution in [2.45, 2.75) is 31.2 Å². The summed E-state index contributed by atoms with van der Waals surface area (Å²) in [4.78, 5) is 16.5. The van der Waals surface area contributed by atoms with E-state index in [-0.39, 0.29) is 11.7 Å². The number of hydrogen-bond donors (Lipinski definition) is 1. The number of nitrogens with zero attached hydrogens (tertiary/aromatic N) is 3. The molecule has 1 N–H and O–H groups in total. The normalized spacial score (nSPS) is 21.9. The van der Waals surface area contributed by atoms with Crippen LogP contribution in [0.2, 0.25) is 0 Å². The number of amides is 1. The van der Waals surface area contributed by atoms with Gasteiger partial charge in [0.05, 0.1) is 5.75 Å². The zero-order valence-electron chi connectivity index (χ0n) is 11.7. The Balaban J connectivity index is 1.68. The van der Waals surface area contributed by atoms with Gasteiger partial charge in [-0.1, -0.05) is 23.9 Å². The maximum atomic E-state index is 12.2.